The lowest BCUT2D eigenvalue weighted by atomic mass is 9.96. The predicted octanol–water partition coefficient (Wildman–Crippen LogP) is 2.35. The fourth-order valence-electron chi connectivity index (χ4n) is 2.92. The highest BCUT2D eigenvalue weighted by Gasteiger charge is 2.26. The molecule has 25 heavy (non-hydrogen) atoms. The second-order valence-corrected chi connectivity index (χ2v) is 6.17. The van der Waals surface area contributed by atoms with Gasteiger partial charge in [-0.15, -0.1) is 0 Å². The lowest BCUT2D eigenvalue weighted by molar-refractivity contribution is -0.120. The summed E-state index contributed by atoms with van der Waals surface area (Å²) in [4.78, 5) is 23.1. The fourth-order valence-corrected chi connectivity index (χ4v) is 2.92. The maximum atomic E-state index is 12.5. The number of aromatic hydroxyl groups is 1. The number of carbonyl (C=O) groups excluding carboxylic acids is 1. The van der Waals surface area contributed by atoms with Crippen LogP contribution >= 0.6 is 0 Å². The van der Waals surface area contributed by atoms with Gasteiger partial charge in [-0.05, 0) is 37.5 Å². The summed E-state index contributed by atoms with van der Waals surface area (Å²) in [5.41, 5.74) is 1.45. The van der Waals surface area contributed by atoms with E-state index in [2.05, 4.69) is 20.2 Å². The molecule has 0 radical (unpaired) electrons. The SMILES string of the molecule is COc1ccnc(N2CCC(C(=O)Nc3cc(C)ccc3O)CC2)n1. The summed E-state index contributed by atoms with van der Waals surface area (Å²) < 4.78 is 5.13. The molecule has 0 saturated carbocycles. The van der Waals surface area contributed by atoms with E-state index >= 15 is 0 Å². The molecule has 1 aromatic carbocycles. The number of rotatable bonds is 4. The summed E-state index contributed by atoms with van der Waals surface area (Å²) >= 11 is 0. The Kier molecular flexibility index (Phi) is 5.02. The number of carbonyl (C=O) groups is 1. The van der Waals surface area contributed by atoms with Gasteiger partial charge in [0.1, 0.15) is 5.75 Å². The number of nitrogens with one attached hydrogen (secondary N) is 1. The molecule has 0 unspecified atom stereocenters. The largest absolute Gasteiger partial charge is 0.506 e. The molecule has 2 N–H and O–H groups in total. The van der Waals surface area contributed by atoms with Gasteiger partial charge in [0.05, 0.1) is 12.8 Å². The quantitative estimate of drug-likeness (QED) is 0.830. The molecule has 0 atom stereocenters. The molecule has 1 aliphatic rings. The standard InChI is InChI=1S/C18H22N4O3/c1-12-3-4-15(23)14(11-12)20-17(24)13-6-9-22(10-7-13)18-19-8-5-16(21-18)25-2/h3-5,8,11,13,23H,6-7,9-10H2,1-2H3,(H,20,24). The van der Waals surface area contributed by atoms with Crippen LogP contribution in [0.5, 0.6) is 11.6 Å². The molecule has 0 bridgehead atoms. The van der Waals surface area contributed by atoms with Gasteiger partial charge in [-0.3, -0.25) is 4.79 Å². The molecule has 2 aromatic rings. The van der Waals surface area contributed by atoms with Crippen molar-refractivity contribution in [3.8, 4) is 11.6 Å². The predicted molar refractivity (Wildman–Crippen MR) is 95.0 cm³/mol. The molecule has 7 nitrogen and oxygen atoms in total. The van der Waals surface area contributed by atoms with Crippen LogP contribution in [0.15, 0.2) is 30.5 Å². The number of anilines is 2. The van der Waals surface area contributed by atoms with E-state index in [1.807, 2.05) is 6.92 Å². The van der Waals surface area contributed by atoms with Crippen molar-refractivity contribution < 1.29 is 14.6 Å². The van der Waals surface area contributed by atoms with Crippen molar-refractivity contribution in [1.82, 2.24) is 9.97 Å². The van der Waals surface area contributed by atoms with E-state index in [4.69, 9.17) is 4.74 Å². The maximum absolute atomic E-state index is 12.5. The van der Waals surface area contributed by atoms with Crippen molar-refractivity contribution in [2.45, 2.75) is 19.8 Å². The number of nitrogens with zero attached hydrogens (tertiary/aromatic N) is 3. The van der Waals surface area contributed by atoms with E-state index < -0.39 is 0 Å². The normalized spacial score (nSPS) is 15.0. The second kappa shape index (κ2) is 7.38. The highest BCUT2D eigenvalue weighted by atomic mass is 16.5. The number of amides is 1. The third kappa shape index (κ3) is 3.99. The van der Waals surface area contributed by atoms with Crippen LogP contribution in [-0.4, -0.2) is 41.2 Å². The smallest absolute Gasteiger partial charge is 0.228 e. The first-order valence-electron chi connectivity index (χ1n) is 8.29. The number of ether oxygens (including phenoxy) is 1. The Labute approximate surface area is 146 Å². The minimum absolute atomic E-state index is 0.0629. The summed E-state index contributed by atoms with van der Waals surface area (Å²) in [6, 6.07) is 6.87. The average Bonchev–Trinajstić information content (AvgIpc) is 2.65. The van der Waals surface area contributed by atoms with Crippen molar-refractivity contribution in [3.05, 3.63) is 36.0 Å². The Bertz CT molecular complexity index is 758. The lowest BCUT2D eigenvalue weighted by Gasteiger charge is -2.31. The molecule has 2 heterocycles. The zero-order chi connectivity index (χ0) is 17.8. The van der Waals surface area contributed by atoms with Crippen LogP contribution in [0.1, 0.15) is 18.4 Å². The summed E-state index contributed by atoms with van der Waals surface area (Å²) in [7, 11) is 1.57. The van der Waals surface area contributed by atoms with E-state index in [0.717, 1.165) is 5.56 Å². The summed E-state index contributed by atoms with van der Waals surface area (Å²) in [6.45, 7) is 3.32. The van der Waals surface area contributed by atoms with Gasteiger partial charge in [-0.1, -0.05) is 6.07 Å². The molecular formula is C18H22N4O3. The molecule has 7 heteroatoms. The Hall–Kier alpha value is -2.83. The lowest BCUT2D eigenvalue weighted by Crippen LogP contribution is -2.39. The monoisotopic (exact) mass is 342 g/mol. The van der Waals surface area contributed by atoms with E-state index in [1.165, 1.54) is 0 Å². The zero-order valence-corrected chi connectivity index (χ0v) is 14.4. The number of methoxy groups -OCH3 is 1. The van der Waals surface area contributed by atoms with Crippen LogP contribution in [0.2, 0.25) is 0 Å². The second-order valence-electron chi connectivity index (χ2n) is 6.17. The number of phenolic OH excluding ortho intramolecular Hbond substituents is 1. The minimum atomic E-state index is -0.0956. The van der Waals surface area contributed by atoms with Crippen LogP contribution < -0.4 is 15.0 Å². The summed E-state index contributed by atoms with van der Waals surface area (Å²) in [5.74, 6) is 1.07. The van der Waals surface area contributed by atoms with Crippen molar-refractivity contribution in [2.24, 2.45) is 5.92 Å². The van der Waals surface area contributed by atoms with Gasteiger partial charge in [0.25, 0.3) is 0 Å². The van der Waals surface area contributed by atoms with Gasteiger partial charge in [0.15, 0.2) is 0 Å². The van der Waals surface area contributed by atoms with Gasteiger partial charge in [-0.25, -0.2) is 4.98 Å². The average molecular weight is 342 g/mol. The molecule has 0 spiro atoms. The summed E-state index contributed by atoms with van der Waals surface area (Å²) in [5, 5.41) is 12.7. The van der Waals surface area contributed by atoms with E-state index in [-0.39, 0.29) is 17.6 Å². The third-order valence-corrected chi connectivity index (χ3v) is 4.38. The van der Waals surface area contributed by atoms with Crippen molar-refractivity contribution in [3.63, 3.8) is 0 Å². The zero-order valence-electron chi connectivity index (χ0n) is 14.4. The van der Waals surface area contributed by atoms with Crippen LogP contribution in [0.3, 0.4) is 0 Å². The fraction of sp³-hybridized carbons (Fsp3) is 0.389. The molecule has 1 amide bonds. The van der Waals surface area contributed by atoms with Crippen LogP contribution in [0.25, 0.3) is 0 Å². The number of phenols is 1. The molecule has 3 rings (SSSR count). The highest BCUT2D eigenvalue weighted by molar-refractivity contribution is 5.94. The van der Waals surface area contributed by atoms with Crippen molar-refractivity contribution in [1.29, 1.82) is 0 Å². The maximum Gasteiger partial charge on any atom is 0.228 e. The molecule has 132 valence electrons. The van der Waals surface area contributed by atoms with E-state index in [0.29, 0.717) is 43.4 Å². The first kappa shape index (κ1) is 17.0. The molecule has 0 aliphatic carbocycles. The Balaban J connectivity index is 1.60. The van der Waals surface area contributed by atoms with Crippen LogP contribution in [-0.2, 0) is 4.79 Å². The topological polar surface area (TPSA) is 87.6 Å². The molecule has 1 fully saturated rings. The van der Waals surface area contributed by atoms with Crippen molar-refractivity contribution in [2.75, 3.05) is 30.4 Å². The Morgan fingerprint density at radius 1 is 1.32 bits per heavy atom. The van der Waals surface area contributed by atoms with Crippen LogP contribution in [0.4, 0.5) is 11.6 Å². The van der Waals surface area contributed by atoms with E-state index in [9.17, 15) is 9.90 Å². The number of hydrogen-bond acceptors (Lipinski definition) is 6. The summed E-state index contributed by atoms with van der Waals surface area (Å²) in [6.07, 6.45) is 3.08. The number of benzene rings is 1. The van der Waals surface area contributed by atoms with Gasteiger partial charge in [0, 0.05) is 31.3 Å². The molecule has 1 saturated heterocycles. The number of aromatic nitrogens is 2. The Morgan fingerprint density at radius 3 is 2.80 bits per heavy atom. The van der Waals surface area contributed by atoms with Gasteiger partial charge >= 0.3 is 0 Å². The molecule has 1 aliphatic heterocycles. The minimum Gasteiger partial charge on any atom is -0.506 e. The van der Waals surface area contributed by atoms with Gasteiger partial charge in [-0.2, -0.15) is 4.98 Å². The first-order valence-corrected chi connectivity index (χ1v) is 8.29. The molecule has 1 aromatic heterocycles. The van der Waals surface area contributed by atoms with Gasteiger partial charge in [0.2, 0.25) is 17.7 Å². The highest BCUT2D eigenvalue weighted by Crippen LogP contribution is 2.27. The van der Waals surface area contributed by atoms with Gasteiger partial charge < -0.3 is 20.1 Å². The number of hydrogen-bond donors (Lipinski definition) is 2. The third-order valence-electron chi connectivity index (χ3n) is 4.38. The number of piperidine rings is 1. The van der Waals surface area contributed by atoms with Crippen molar-refractivity contribution >= 4 is 17.5 Å². The molecular weight excluding hydrogens is 320 g/mol. The van der Waals surface area contributed by atoms with E-state index in [1.54, 1.807) is 37.6 Å². The van der Waals surface area contributed by atoms with Crippen LogP contribution in [0, 0.1) is 12.8 Å². The Morgan fingerprint density at radius 2 is 2.08 bits per heavy atom. The first-order chi connectivity index (χ1) is 12.1. The number of aryl methyl sites for hydroxylation is 1.